The van der Waals surface area contributed by atoms with E-state index in [1.54, 1.807) is 0 Å². The van der Waals surface area contributed by atoms with Gasteiger partial charge < -0.3 is 15.5 Å². The first-order chi connectivity index (χ1) is 12.5. The summed E-state index contributed by atoms with van der Waals surface area (Å²) in [6.07, 6.45) is 2.35. The number of nitrogens with zero attached hydrogens (tertiary/aromatic N) is 4. The molecule has 1 atom stereocenters. The highest BCUT2D eigenvalue weighted by Crippen LogP contribution is 2.31. The maximum atomic E-state index is 4.89. The van der Waals surface area contributed by atoms with Gasteiger partial charge in [-0.3, -0.25) is 14.9 Å². The lowest BCUT2D eigenvalue weighted by atomic mass is 9.87. The van der Waals surface area contributed by atoms with Crippen molar-refractivity contribution in [3.63, 3.8) is 0 Å². The fourth-order valence-corrected chi connectivity index (χ4v) is 4.34. The van der Waals surface area contributed by atoms with E-state index in [1.165, 1.54) is 12.3 Å². The van der Waals surface area contributed by atoms with Crippen LogP contribution in [-0.4, -0.2) is 78.0 Å². The van der Waals surface area contributed by atoms with Gasteiger partial charge in [0.25, 0.3) is 0 Å². The van der Waals surface area contributed by atoms with Crippen LogP contribution in [0.1, 0.15) is 61.3 Å². The first-order valence-electron chi connectivity index (χ1n) is 10.6. The van der Waals surface area contributed by atoms with Gasteiger partial charge in [-0.05, 0) is 40.5 Å². The van der Waals surface area contributed by atoms with Crippen molar-refractivity contribution >= 4 is 11.7 Å². The van der Waals surface area contributed by atoms with Crippen molar-refractivity contribution in [2.45, 2.75) is 78.4 Å². The van der Waals surface area contributed by atoms with E-state index in [9.17, 15) is 0 Å². The van der Waals surface area contributed by atoms with E-state index in [4.69, 9.17) is 9.98 Å². The number of amidine groups is 2. The van der Waals surface area contributed by atoms with Crippen LogP contribution < -0.4 is 10.6 Å². The molecule has 0 aromatic heterocycles. The average Bonchev–Trinajstić information content (AvgIpc) is 3.32. The van der Waals surface area contributed by atoms with E-state index in [-0.39, 0.29) is 22.5 Å². The van der Waals surface area contributed by atoms with E-state index in [1.807, 2.05) is 0 Å². The molecule has 1 saturated heterocycles. The molecule has 154 valence electrons. The van der Waals surface area contributed by atoms with Crippen molar-refractivity contribution in [1.82, 2.24) is 20.4 Å². The number of hydrogen-bond donors (Lipinski definition) is 2. The highest BCUT2D eigenvalue weighted by molar-refractivity contribution is 5.98. The van der Waals surface area contributed by atoms with Crippen LogP contribution in [0.5, 0.6) is 0 Å². The third-order valence-electron chi connectivity index (χ3n) is 6.44. The van der Waals surface area contributed by atoms with Gasteiger partial charge in [0.05, 0.1) is 13.1 Å². The van der Waals surface area contributed by atoms with E-state index < -0.39 is 0 Å². The lowest BCUT2D eigenvalue weighted by molar-refractivity contribution is 0.111. The second-order valence-corrected chi connectivity index (χ2v) is 10.6. The van der Waals surface area contributed by atoms with Crippen molar-refractivity contribution in [3.8, 4) is 0 Å². The van der Waals surface area contributed by atoms with Crippen LogP contribution >= 0.6 is 0 Å². The Balaban J connectivity index is 1.62. The summed E-state index contributed by atoms with van der Waals surface area (Å²) in [7, 11) is 0. The number of rotatable bonds is 6. The standard InChI is InChI=1S/C21H40N6/c1-19(2,3)18-24-14-16(25-18)17-23-11-13-27(17)21(6,7)9-8-20(4,5)26-12-10-22-15-26/h16,22H,8-15H2,1-7H3,(H,24,25). The minimum atomic E-state index is 0.0715. The molecule has 3 heterocycles. The van der Waals surface area contributed by atoms with Crippen LogP contribution in [0.15, 0.2) is 9.98 Å². The molecular formula is C21H40N6. The van der Waals surface area contributed by atoms with Crippen LogP contribution in [-0.2, 0) is 0 Å². The van der Waals surface area contributed by atoms with Gasteiger partial charge in [0.15, 0.2) is 0 Å². The lowest BCUT2D eigenvalue weighted by Gasteiger charge is -2.43. The highest BCUT2D eigenvalue weighted by Gasteiger charge is 2.40. The van der Waals surface area contributed by atoms with Crippen LogP contribution in [0.4, 0.5) is 0 Å². The molecule has 0 saturated carbocycles. The van der Waals surface area contributed by atoms with Gasteiger partial charge in [-0.1, -0.05) is 20.8 Å². The van der Waals surface area contributed by atoms with Gasteiger partial charge in [0, 0.05) is 42.8 Å². The Bertz CT molecular complexity index is 592. The molecule has 6 nitrogen and oxygen atoms in total. The van der Waals surface area contributed by atoms with Gasteiger partial charge >= 0.3 is 0 Å². The van der Waals surface area contributed by atoms with Crippen LogP contribution in [0, 0.1) is 5.41 Å². The topological polar surface area (TPSA) is 55.3 Å². The maximum absolute atomic E-state index is 4.89. The van der Waals surface area contributed by atoms with Crippen molar-refractivity contribution in [3.05, 3.63) is 0 Å². The molecule has 0 amide bonds. The summed E-state index contributed by atoms with van der Waals surface area (Å²) in [6, 6.07) is 0.233. The Labute approximate surface area is 165 Å². The summed E-state index contributed by atoms with van der Waals surface area (Å²) in [5.41, 5.74) is 0.403. The largest absolute Gasteiger partial charge is 0.362 e. The minimum Gasteiger partial charge on any atom is -0.362 e. The minimum absolute atomic E-state index is 0.0715. The van der Waals surface area contributed by atoms with Crippen molar-refractivity contribution in [2.75, 3.05) is 39.4 Å². The van der Waals surface area contributed by atoms with Crippen LogP contribution in [0.2, 0.25) is 0 Å². The highest BCUT2D eigenvalue weighted by atomic mass is 15.3. The molecule has 0 aromatic carbocycles. The van der Waals surface area contributed by atoms with Crippen LogP contribution in [0.3, 0.4) is 0 Å². The monoisotopic (exact) mass is 376 g/mol. The summed E-state index contributed by atoms with van der Waals surface area (Å²) >= 11 is 0. The third kappa shape index (κ3) is 4.48. The molecule has 0 spiro atoms. The zero-order chi connectivity index (χ0) is 19.9. The summed E-state index contributed by atoms with van der Waals surface area (Å²) < 4.78 is 0. The quantitative estimate of drug-likeness (QED) is 0.747. The predicted molar refractivity (Wildman–Crippen MR) is 115 cm³/mol. The molecular weight excluding hydrogens is 336 g/mol. The van der Waals surface area contributed by atoms with Gasteiger partial charge in [-0.25, -0.2) is 0 Å². The number of nitrogens with one attached hydrogen (secondary N) is 2. The van der Waals surface area contributed by atoms with Crippen molar-refractivity contribution < 1.29 is 0 Å². The van der Waals surface area contributed by atoms with Gasteiger partial charge in [-0.15, -0.1) is 0 Å². The molecule has 0 aliphatic carbocycles. The Kier molecular flexibility index (Phi) is 5.61. The second kappa shape index (κ2) is 7.36. The maximum Gasteiger partial charge on any atom is 0.124 e. The molecule has 6 heteroatoms. The molecule has 27 heavy (non-hydrogen) atoms. The van der Waals surface area contributed by atoms with Crippen LogP contribution in [0.25, 0.3) is 0 Å². The first-order valence-corrected chi connectivity index (χ1v) is 10.6. The molecule has 2 N–H and O–H groups in total. The van der Waals surface area contributed by atoms with Gasteiger partial charge in [0.1, 0.15) is 17.7 Å². The average molecular weight is 377 g/mol. The molecule has 1 unspecified atom stereocenters. The Morgan fingerprint density at radius 1 is 0.963 bits per heavy atom. The molecule has 3 aliphatic rings. The summed E-state index contributed by atoms with van der Waals surface area (Å²) in [6.45, 7) is 22.2. The molecule has 3 rings (SSSR count). The Hall–Kier alpha value is -1.14. The van der Waals surface area contributed by atoms with Gasteiger partial charge in [0.2, 0.25) is 0 Å². The van der Waals surface area contributed by atoms with Crippen molar-refractivity contribution in [2.24, 2.45) is 15.4 Å². The predicted octanol–water partition coefficient (Wildman–Crippen LogP) is 2.32. The zero-order valence-electron chi connectivity index (χ0n) is 18.5. The fourth-order valence-electron chi connectivity index (χ4n) is 4.34. The second-order valence-electron chi connectivity index (χ2n) is 10.6. The van der Waals surface area contributed by atoms with Crippen molar-refractivity contribution in [1.29, 1.82) is 0 Å². The van der Waals surface area contributed by atoms with E-state index in [0.717, 1.165) is 51.6 Å². The molecule has 0 bridgehead atoms. The van der Waals surface area contributed by atoms with E-state index in [2.05, 4.69) is 68.9 Å². The lowest BCUT2D eigenvalue weighted by Crippen LogP contribution is -2.55. The zero-order valence-corrected chi connectivity index (χ0v) is 18.5. The third-order valence-corrected chi connectivity index (χ3v) is 6.44. The summed E-state index contributed by atoms with van der Waals surface area (Å²) in [5.74, 6) is 2.33. The fraction of sp³-hybridized carbons (Fsp3) is 0.905. The normalized spacial score (nSPS) is 25.0. The molecule has 1 fully saturated rings. The Morgan fingerprint density at radius 2 is 1.67 bits per heavy atom. The molecule has 0 aromatic rings. The number of hydrogen-bond acceptors (Lipinski definition) is 6. The SMILES string of the molecule is CC(C)(C)C1=NCC(C2=NCCN2C(C)(C)CCC(C)(C)N2CCNC2)N1. The Morgan fingerprint density at radius 3 is 2.26 bits per heavy atom. The number of aliphatic imine (C=N–C) groups is 2. The van der Waals surface area contributed by atoms with E-state index in [0.29, 0.717) is 0 Å². The summed E-state index contributed by atoms with van der Waals surface area (Å²) in [4.78, 5) is 14.8. The molecule has 0 radical (unpaired) electrons. The molecule has 3 aliphatic heterocycles. The first kappa shape index (κ1) is 20.6. The van der Waals surface area contributed by atoms with E-state index >= 15 is 0 Å². The summed E-state index contributed by atoms with van der Waals surface area (Å²) in [5, 5.41) is 7.12. The smallest absolute Gasteiger partial charge is 0.124 e. The van der Waals surface area contributed by atoms with Gasteiger partial charge in [-0.2, -0.15) is 0 Å².